The van der Waals surface area contributed by atoms with Crippen LogP contribution in [0.2, 0.25) is 0 Å². The lowest BCUT2D eigenvalue weighted by Gasteiger charge is -2.42. The van der Waals surface area contributed by atoms with E-state index in [9.17, 15) is 4.79 Å². The van der Waals surface area contributed by atoms with Gasteiger partial charge in [-0.25, -0.2) is 4.99 Å². The Morgan fingerprint density at radius 1 is 1.68 bits per heavy atom. The van der Waals surface area contributed by atoms with Crippen LogP contribution in [0.5, 0.6) is 0 Å². The highest BCUT2D eigenvalue weighted by Crippen LogP contribution is 2.45. The van der Waals surface area contributed by atoms with Gasteiger partial charge in [0.1, 0.15) is 6.10 Å². The van der Waals surface area contributed by atoms with Gasteiger partial charge in [-0.05, 0) is 0 Å². The number of nitriles is 1. The molecule has 0 unspecified atom stereocenters. The number of ether oxygens (including phenoxy) is 4. The van der Waals surface area contributed by atoms with E-state index in [2.05, 4.69) is 11.1 Å². The van der Waals surface area contributed by atoms with Gasteiger partial charge in [-0.3, -0.25) is 4.79 Å². The number of aliphatic imine (C=N–C) groups is 1. The van der Waals surface area contributed by atoms with Gasteiger partial charge >= 0.3 is 5.97 Å². The second kappa shape index (κ2) is 4.18. The molecule has 3 rings (SSSR count). The van der Waals surface area contributed by atoms with Crippen molar-refractivity contribution in [3.05, 3.63) is 0 Å². The Kier molecular flexibility index (Phi) is 2.73. The van der Waals surface area contributed by atoms with Gasteiger partial charge < -0.3 is 18.9 Å². The minimum Gasteiger partial charge on any atom is -0.472 e. The number of carbonyl (C=O) groups is 1. The third-order valence-corrected chi connectivity index (χ3v) is 3.62. The standard InChI is InChI=1S/C12H14N2O5/c1-6-14-12(3-4-13)9(17-6)8-5-16-11(19-8)10(12)18-7(2)15/h8-11H,3,5H2,1-2H3/t8-,9-,10-,11-,12-/m1/s1. The molecule has 0 radical (unpaired) electrons. The van der Waals surface area contributed by atoms with Crippen LogP contribution in [0.4, 0.5) is 0 Å². The summed E-state index contributed by atoms with van der Waals surface area (Å²) in [6.45, 7) is 3.38. The largest absolute Gasteiger partial charge is 0.472 e. The molecule has 102 valence electrons. The lowest BCUT2D eigenvalue weighted by atomic mass is 9.80. The monoisotopic (exact) mass is 266 g/mol. The van der Waals surface area contributed by atoms with Crippen molar-refractivity contribution in [2.75, 3.05) is 6.61 Å². The summed E-state index contributed by atoms with van der Waals surface area (Å²) in [5.41, 5.74) is -0.922. The molecule has 3 heterocycles. The number of fused-ring (bicyclic) bond motifs is 4. The molecule has 0 N–H and O–H groups in total. The number of hydrogen-bond acceptors (Lipinski definition) is 7. The van der Waals surface area contributed by atoms with Crippen molar-refractivity contribution < 1.29 is 23.7 Å². The Hall–Kier alpha value is -1.65. The fraction of sp³-hybridized carbons (Fsp3) is 0.750. The van der Waals surface area contributed by atoms with E-state index in [0.29, 0.717) is 12.5 Å². The molecule has 5 atom stereocenters. The van der Waals surface area contributed by atoms with Gasteiger partial charge in [0.2, 0.25) is 0 Å². The van der Waals surface area contributed by atoms with Gasteiger partial charge in [-0.1, -0.05) is 0 Å². The number of hydrogen-bond donors (Lipinski definition) is 0. The fourth-order valence-electron chi connectivity index (χ4n) is 2.99. The first-order chi connectivity index (χ1) is 9.06. The molecule has 0 spiro atoms. The van der Waals surface area contributed by atoms with Crippen molar-refractivity contribution in [1.82, 2.24) is 0 Å². The maximum Gasteiger partial charge on any atom is 0.303 e. The Morgan fingerprint density at radius 3 is 3.16 bits per heavy atom. The third kappa shape index (κ3) is 1.71. The van der Waals surface area contributed by atoms with Crippen molar-refractivity contribution in [2.45, 2.75) is 50.4 Å². The molecule has 2 saturated heterocycles. The van der Waals surface area contributed by atoms with Gasteiger partial charge in [0, 0.05) is 13.8 Å². The van der Waals surface area contributed by atoms with Crippen molar-refractivity contribution in [1.29, 1.82) is 5.26 Å². The molecule has 0 aromatic carbocycles. The smallest absolute Gasteiger partial charge is 0.303 e. The molecular weight excluding hydrogens is 252 g/mol. The van der Waals surface area contributed by atoms with E-state index in [0.717, 1.165) is 0 Å². The highest BCUT2D eigenvalue weighted by molar-refractivity contribution is 5.76. The SMILES string of the molecule is CC(=O)O[C@@H]1[C@@H]2OC[C@@H](O2)[C@H]2OC(C)=N[C@@]12CC#N. The predicted molar refractivity (Wildman–Crippen MR) is 61.1 cm³/mol. The van der Waals surface area contributed by atoms with Crippen LogP contribution in [0.25, 0.3) is 0 Å². The van der Waals surface area contributed by atoms with Crippen molar-refractivity contribution in [2.24, 2.45) is 4.99 Å². The molecule has 3 aliphatic rings. The molecule has 3 aliphatic heterocycles. The quantitative estimate of drug-likeness (QED) is 0.660. The molecule has 19 heavy (non-hydrogen) atoms. The van der Waals surface area contributed by atoms with E-state index >= 15 is 0 Å². The minimum atomic E-state index is -0.922. The van der Waals surface area contributed by atoms with Crippen LogP contribution in [0.1, 0.15) is 20.3 Å². The van der Waals surface area contributed by atoms with Gasteiger partial charge in [-0.2, -0.15) is 5.26 Å². The van der Waals surface area contributed by atoms with Crippen LogP contribution in [-0.2, 0) is 23.7 Å². The zero-order valence-electron chi connectivity index (χ0n) is 10.7. The van der Waals surface area contributed by atoms with Gasteiger partial charge in [-0.15, -0.1) is 0 Å². The fourth-order valence-corrected chi connectivity index (χ4v) is 2.99. The van der Waals surface area contributed by atoms with Crippen LogP contribution < -0.4 is 0 Å². The molecule has 0 aromatic rings. The number of esters is 1. The Morgan fingerprint density at radius 2 is 2.47 bits per heavy atom. The Bertz CT molecular complexity index is 485. The normalized spacial score (nSPS) is 42.9. The van der Waals surface area contributed by atoms with Gasteiger partial charge in [0.25, 0.3) is 0 Å². The summed E-state index contributed by atoms with van der Waals surface area (Å²) in [6.07, 6.45) is -2.09. The number of nitrogens with zero attached hydrogens (tertiary/aromatic N) is 2. The molecule has 0 amide bonds. The van der Waals surface area contributed by atoms with Crippen LogP contribution >= 0.6 is 0 Å². The molecule has 0 aromatic heterocycles. The lowest BCUT2D eigenvalue weighted by molar-refractivity contribution is -0.220. The first-order valence-corrected chi connectivity index (χ1v) is 6.11. The van der Waals surface area contributed by atoms with E-state index in [-0.39, 0.29) is 12.5 Å². The molecule has 0 aliphatic carbocycles. The molecule has 2 fully saturated rings. The highest BCUT2D eigenvalue weighted by Gasteiger charge is 2.65. The van der Waals surface area contributed by atoms with Gasteiger partial charge in [0.15, 0.2) is 29.9 Å². The van der Waals surface area contributed by atoms with E-state index in [1.807, 2.05) is 0 Å². The summed E-state index contributed by atoms with van der Waals surface area (Å²) in [5, 5.41) is 9.09. The maximum absolute atomic E-state index is 11.3. The van der Waals surface area contributed by atoms with Crippen LogP contribution in [0.15, 0.2) is 4.99 Å². The second-order valence-corrected chi connectivity index (χ2v) is 4.90. The van der Waals surface area contributed by atoms with E-state index in [1.165, 1.54) is 6.92 Å². The molecule has 2 bridgehead atoms. The van der Waals surface area contributed by atoms with Crippen LogP contribution in [0, 0.1) is 11.3 Å². The molecule has 7 heteroatoms. The predicted octanol–water partition coefficient (Wildman–Crippen LogP) is 0.143. The van der Waals surface area contributed by atoms with Crippen LogP contribution in [-0.4, -0.2) is 48.6 Å². The molecular formula is C12H14N2O5. The van der Waals surface area contributed by atoms with E-state index < -0.39 is 30.0 Å². The second-order valence-electron chi connectivity index (χ2n) is 4.90. The summed E-state index contributed by atoms with van der Waals surface area (Å²) in [5.74, 6) is 0.0203. The summed E-state index contributed by atoms with van der Waals surface area (Å²) < 4.78 is 22.1. The van der Waals surface area contributed by atoms with Crippen molar-refractivity contribution >= 4 is 11.9 Å². The zero-order valence-corrected chi connectivity index (χ0v) is 10.7. The van der Waals surface area contributed by atoms with Crippen molar-refractivity contribution in [3.8, 4) is 6.07 Å². The number of rotatable bonds is 2. The van der Waals surface area contributed by atoms with Crippen LogP contribution in [0.3, 0.4) is 0 Å². The topological polar surface area (TPSA) is 90.1 Å². The van der Waals surface area contributed by atoms with E-state index in [4.69, 9.17) is 24.2 Å². The Balaban J connectivity index is 2.03. The maximum atomic E-state index is 11.3. The Labute approximate surface area is 110 Å². The average molecular weight is 266 g/mol. The molecule has 0 saturated carbocycles. The summed E-state index contributed by atoms with van der Waals surface area (Å²) >= 11 is 0. The third-order valence-electron chi connectivity index (χ3n) is 3.62. The van der Waals surface area contributed by atoms with Crippen molar-refractivity contribution in [3.63, 3.8) is 0 Å². The minimum absolute atomic E-state index is 0.0900. The zero-order chi connectivity index (χ0) is 13.6. The highest BCUT2D eigenvalue weighted by atomic mass is 16.8. The summed E-state index contributed by atoms with van der Waals surface area (Å²) in [7, 11) is 0. The average Bonchev–Trinajstić information content (AvgIpc) is 2.89. The van der Waals surface area contributed by atoms with Gasteiger partial charge in [0.05, 0.1) is 19.1 Å². The lowest BCUT2D eigenvalue weighted by Crippen LogP contribution is -2.62. The first-order valence-electron chi connectivity index (χ1n) is 6.11. The first kappa shape index (κ1) is 12.4. The summed E-state index contributed by atoms with van der Waals surface area (Å²) in [6, 6.07) is 2.10. The molecule has 7 nitrogen and oxygen atoms in total. The number of carbonyl (C=O) groups excluding carboxylic acids is 1. The van der Waals surface area contributed by atoms with E-state index in [1.54, 1.807) is 6.92 Å². The summed E-state index contributed by atoms with van der Waals surface area (Å²) in [4.78, 5) is 15.7.